The van der Waals surface area contributed by atoms with Gasteiger partial charge in [0.05, 0.1) is 32.2 Å². The molecule has 0 aliphatic carbocycles. The number of hydrogen-bond donors (Lipinski definition) is 5. The maximum Gasteiger partial charge on any atom is 0.453 e. The van der Waals surface area contributed by atoms with Crippen molar-refractivity contribution in [1.82, 2.24) is 0 Å². The second-order valence-corrected chi connectivity index (χ2v) is 28.2. The van der Waals surface area contributed by atoms with Crippen LogP contribution in [0.3, 0.4) is 0 Å². The Kier molecular flexibility index (Phi) is 27.4. The van der Waals surface area contributed by atoms with Crippen molar-refractivity contribution in [2.24, 2.45) is 0 Å². The van der Waals surface area contributed by atoms with Crippen LogP contribution in [0.2, 0.25) is 0 Å². The Balaban J connectivity index is 0.000000241. The van der Waals surface area contributed by atoms with Gasteiger partial charge in [-0.2, -0.15) is 55.7 Å². The van der Waals surface area contributed by atoms with E-state index in [-0.39, 0.29) is 76.0 Å². The number of aromatic hydroxyl groups is 4. The van der Waals surface area contributed by atoms with Crippen molar-refractivity contribution in [2.45, 2.75) is 141 Å². The number of hydrogen-bond acceptors (Lipinski definition) is 14. The van der Waals surface area contributed by atoms with Crippen molar-refractivity contribution in [1.29, 1.82) is 0 Å². The Hall–Kier alpha value is -5.86. The lowest BCUT2D eigenvalue weighted by Crippen LogP contribution is -2.36. The number of ether oxygens (including phenoxy) is 5. The van der Waals surface area contributed by atoms with Crippen molar-refractivity contribution in [2.75, 3.05) is 67.6 Å². The molecule has 3 aliphatic heterocycles. The molecule has 0 bridgehead atoms. The highest BCUT2D eigenvalue weighted by Gasteiger charge is 2.57. The third kappa shape index (κ3) is 21.8. The quantitative estimate of drug-likeness (QED) is 0.0233. The molecule has 5 N–H and O–H groups in total. The summed E-state index contributed by atoms with van der Waals surface area (Å²) in [6, 6.07) is 39.8. The Bertz CT molecular complexity index is 3270. The van der Waals surface area contributed by atoms with Crippen LogP contribution in [0.4, 0.5) is 43.9 Å². The molecule has 0 saturated carbocycles. The molecule has 2 unspecified atom stereocenters. The van der Waals surface area contributed by atoms with Crippen LogP contribution in [-0.2, 0) is 26.4 Å². The van der Waals surface area contributed by atoms with E-state index in [2.05, 4.69) is 13.8 Å². The molecule has 9 rings (SSSR count). The second-order valence-electron chi connectivity index (χ2n) is 23.2. The van der Waals surface area contributed by atoms with E-state index in [1.807, 2.05) is 42.5 Å². The molecule has 1 fully saturated rings. The van der Waals surface area contributed by atoms with Crippen LogP contribution in [-0.4, -0.2) is 128 Å². The maximum atomic E-state index is 13.0. The molecule has 6 atom stereocenters. The molecular formula is C68H78F10O11S4. The fourth-order valence-electron chi connectivity index (χ4n) is 11.0. The first-order chi connectivity index (χ1) is 44.1. The summed E-state index contributed by atoms with van der Waals surface area (Å²) >= 11 is 4.72. The Labute approximate surface area is 550 Å². The number of halogens is 10. The van der Waals surface area contributed by atoms with E-state index >= 15 is 0 Å². The molecule has 0 aromatic heterocycles. The molecule has 25 heteroatoms. The first kappa shape index (κ1) is 74.5. The zero-order chi connectivity index (χ0) is 67.5. The van der Waals surface area contributed by atoms with E-state index in [1.54, 1.807) is 115 Å². The number of benzene rings is 6. The van der Waals surface area contributed by atoms with Crippen LogP contribution in [0.1, 0.15) is 112 Å². The summed E-state index contributed by atoms with van der Waals surface area (Å²) in [4.78, 5) is 2.15. The van der Waals surface area contributed by atoms with Crippen LogP contribution in [0.5, 0.6) is 46.0 Å². The molecule has 11 nitrogen and oxygen atoms in total. The summed E-state index contributed by atoms with van der Waals surface area (Å²) in [5.74, 6) is -3.62. The van der Waals surface area contributed by atoms with Crippen LogP contribution in [0.25, 0.3) is 0 Å². The van der Waals surface area contributed by atoms with Crippen LogP contribution >= 0.6 is 35.3 Å². The number of aliphatic hydroxyl groups excluding tert-OH is 1. The second kappa shape index (κ2) is 34.2. The van der Waals surface area contributed by atoms with Gasteiger partial charge in [-0.15, -0.1) is 23.5 Å². The minimum Gasteiger partial charge on any atom is -0.508 e. The van der Waals surface area contributed by atoms with Gasteiger partial charge in [0.2, 0.25) is 0 Å². The fraction of sp³-hybridized carbons (Fsp3) is 0.471. The topological polar surface area (TPSA) is 164 Å². The van der Waals surface area contributed by atoms with Crippen molar-refractivity contribution in [3.8, 4) is 46.0 Å². The number of alkyl halides is 10. The van der Waals surface area contributed by atoms with Gasteiger partial charge < -0.3 is 49.2 Å². The maximum absolute atomic E-state index is 13.0. The molecule has 6 aromatic carbocycles. The van der Waals surface area contributed by atoms with Crippen molar-refractivity contribution in [3.63, 3.8) is 0 Å². The van der Waals surface area contributed by atoms with E-state index < -0.39 is 60.5 Å². The van der Waals surface area contributed by atoms with E-state index in [4.69, 9.17) is 28.8 Å². The zero-order valence-corrected chi connectivity index (χ0v) is 54.6. The molecule has 0 amide bonds. The zero-order valence-electron chi connectivity index (χ0n) is 51.4. The Morgan fingerprint density at radius 2 is 0.914 bits per heavy atom. The lowest BCUT2D eigenvalue weighted by molar-refractivity contribution is -0.284. The molecule has 0 spiro atoms. The SMILES string of the molecule is C[C@]1(c2ccc(O)cc2)CSc2cc(O)ccc2[C@H]1CCCOc1ccc(OCCS(=O)CCCC(F)(F)C(F)(F)F)cc1.C[C@]1(c2ccc(O)cc2)CSc2cc(O)ccc2[C@H]1CCCOc1ccc(OCCSCCCC(F)(F)C(F)(F)F)cc1.OC1CCCO1. The molecule has 1 saturated heterocycles. The highest BCUT2D eigenvalue weighted by molar-refractivity contribution is 7.99. The van der Waals surface area contributed by atoms with Gasteiger partial charge in [-0.05, 0) is 182 Å². The van der Waals surface area contributed by atoms with Gasteiger partial charge in [-0.3, -0.25) is 4.21 Å². The molecule has 510 valence electrons. The lowest BCUT2D eigenvalue weighted by Gasteiger charge is -2.43. The standard InChI is InChI=1S/C32H35F5O5S2.C32H35F5O4S2.C4H8O2/c1-30(22-5-7-23(38)8-6-22)21-43-29-20-24(39)9-14-27(29)28(30)4-2-16-41-25-10-12-26(13-11-25)42-17-19-44(40)18-3-15-31(33,34)32(35,36)37;1-30(22-5-7-23(38)8-6-22)21-43-29-20-24(39)9-14-27(29)28(30)4-2-16-40-25-10-12-26(13-11-25)41-17-19-42-18-3-15-31(33,34)32(35,36)37;5-4-2-1-3-6-4/h5-14,20,28,38-39H,2-4,15-19,21H2,1H3;5-14,20,28,38-39H,2-4,15-19,21H2,1H3;4-5H,1-3H2/t28-,30-,44?;28-,30-;/m11./s1. The number of fused-ring (bicyclic) bond motifs is 2. The number of aliphatic hydroxyl groups is 1. The number of phenols is 4. The van der Waals surface area contributed by atoms with Gasteiger partial charge in [0.1, 0.15) is 46.0 Å². The van der Waals surface area contributed by atoms with Crippen molar-refractivity contribution >= 4 is 46.1 Å². The van der Waals surface area contributed by atoms with E-state index in [0.29, 0.717) is 48.6 Å². The number of thioether (sulfide) groups is 3. The Morgan fingerprint density at radius 3 is 1.30 bits per heavy atom. The largest absolute Gasteiger partial charge is 0.508 e. The highest BCUT2D eigenvalue weighted by atomic mass is 32.2. The Morgan fingerprint density at radius 1 is 0.516 bits per heavy atom. The van der Waals surface area contributed by atoms with E-state index in [1.165, 1.54) is 22.9 Å². The first-order valence-corrected chi connectivity index (χ1v) is 35.0. The fourth-order valence-corrected chi connectivity index (χ4v) is 15.5. The van der Waals surface area contributed by atoms with Gasteiger partial charge >= 0.3 is 24.2 Å². The average molecular weight is 1390 g/mol. The molecule has 0 radical (unpaired) electrons. The van der Waals surface area contributed by atoms with Crippen molar-refractivity contribution < 1.29 is 97.3 Å². The number of phenolic OH excluding ortho intramolecular Hbond substituents is 4. The van der Waals surface area contributed by atoms with E-state index in [0.717, 1.165) is 77.6 Å². The number of rotatable bonds is 28. The third-order valence-corrected chi connectivity index (χ3v) is 21.5. The van der Waals surface area contributed by atoms with Crippen LogP contribution in [0, 0.1) is 0 Å². The first-order valence-electron chi connectivity index (χ1n) is 30.4. The van der Waals surface area contributed by atoms with Crippen LogP contribution in [0.15, 0.2) is 143 Å². The summed E-state index contributed by atoms with van der Waals surface area (Å²) < 4.78 is 165. The van der Waals surface area contributed by atoms with Gasteiger partial charge in [0.25, 0.3) is 0 Å². The summed E-state index contributed by atoms with van der Waals surface area (Å²) in [7, 11) is -1.58. The summed E-state index contributed by atoms with van der Waals surface area (Å²) in [5, 5.41) is 48.2. The van der Waals surface area contributed by atoms with Gasteiger partial charge in [0, 0.05) is 80.3 Å². The van der Waals surface area contributed by atoms with Gasteiger partial charge in [-0.1, -0.05) is 50.2 Å². The molecular weight excluding hydrogens is 1310 g/mol. The monoisotopic (exact) mass is 1390 g/mol. The third-order valence-electron chi connectivity index (χ3n) is 16.3. The predicted octanol–water partition coefficient (Wildman–Crippen LogP) is 17.5. The summed E-state index contributed by atoms with van der Waals surface area (Å²) in [6.07, 6.45) is -9.78. The minimum absolute atomic E-state index is 0.0152. The lowest BCUT2D eigenvalue weighted by atomic mass is 9.68. The minimum atomic E-state index is -5.60. The van der Waals surface area contributed by atoms with Crippen LogP contribution < -0.4 is 18.9 Å². The van der Waals surface area contributed by atoms with Gasteiger partial charge in [-0.25, -0.2) is 0 Å². The molecule has 6 aromatic rings. The highest BCUT2D eigenvalue weighted by Crippen LogP contribution is 2.54. The van der Waals surface area contributed by atoms with Crippen molar-refractivity contribution in [3.05, 3.63) is 156 Å². The average Bonchev–Trinajstić information content (AvgIpc) is 1.22. The summed E-state index contributed by atoms with van der Waals surface area (Å²) in [6.45, 7) is 6.52. The smallest absolute Gasteiger partial charge is 0.453 e. The summed E-state index contributed by atoms with van der Waals surface area (Å²) in [5.41, 5.74) is 4.29. The predicted molar refractivity (Wildman–Crippen MR) is 344 cm³/mol. The molecule has 3 heterocycles. The molecule has 3 aliphatic rings. The molecule has 93 heavy (non-hydrogen) atoms. The normalized spacial score (nSPS) is 20.0. The van der Waals surface area contributed by atoms with E-state index in [9.17, 15) is 68.5 Å². The van der Waals surface area contributed by atoms with Gasteiger partial charge in [0.15, 0.2) is 6.29 Å².